The highest BCUT2D eigenvalue weighted by molar-refractivity contribution is 7.85. The number of hydrogen-bond donors (Lipinski definition) is 1. The molecule has 3 rings (SSSR count). The Bertz CT molecular complexity index is 672. The number of ether oxygens (including phenoxy) is 2. The van der Waals surface area contributed by atoms with Gasteiger partial charge >= 0.3 is 0 Å². The SMILES string of the molecule is Cc1ccc(S(=O)[C@@H]2[C@@H](O)CO[C@@H]2COCc2ccccc2)cc1. The maximum Gasteiger partial charge on any atom is 0.0982 e. The van der Waals surface area contributed by atoms with E-state index in [0.29, 0.717) is 18.1 Å². The second-order valence-electron chi connectivity index (χ2n) is 6.01. The summed E-state index contributed by atoms with van der Waals surface area (Å²) in [4.78, 5) is 0.711. The van der Waals surface area contributed by atoms with Gasteiger partial charge in [0.25, 0.3) is 0 Å². The number of aliphatic hydroxyl groups is 1. The van der Waals surface area contributed by atoms with E-state index in [1.165, 1.54) is 0 Å². The quantitative estimate of drug-likeness (QED) is 0.873. The number of benzene rings is 2. The molecule has 4 atom stereocenters. The van der Waals surface area contributed by atoms with E-state index in [1.807, 2.05) is 61.5 Å². The lowest BCUT2D eigenvalue weighted by Gasteiger charge is -2.20. The first-order valence-corrected chi connectivity index (χ1v) is 9.25. The molecular weight excluding hydrogens is 324 g/mol. The minimum atomic E-state index is -1.33. The summed E-state index contributed by atoms with van der Waals surface area (Å²) in [6.45, 7) is 2.97. The molecule has 1 N–H and O–H groups in total. The molecule has 0 amide bonds. The fraction of sp³-hybridized carbons (Fsp3) is 0.368. The number of hydrogen-bond acceptors (Lipinski definition) is 4. The van der Waals surface area contributed by atoms with E-state index in [1.54, 1.807) is 0 Å². The van der Waals surface area contributed by atoms with E-state index in [-0.39, 0.29) is 12.7 Å². The molecule has 1 aliphatic rings. The van der Waals surface area contributed by atoms with E-state index in [2.05, 4.69) is 0 Å². The Morgan fingerprint density at radius 3 is 2.58 bits per heavy atom. The van der Waals surface area contributed by atoms with Crippen LogP contribution in [0.5, 0.6) is 0 Å². The summed E-state index contributed by atoms with van der Waals surface area (Å²) in [5, 5.41) is 9.72. The second kappa shape index (κ2) is 8.03. The lowest BCUT2D eigenvalue weighted by Crippen LogP contribution is -2.37. The zero-order valence-corrected chi connectivity index (χ0v) is 14.4. The largest absolute Gasteiger partial charge is 0.389 e. The Balaban J connectivity index is 1.62. The molecule has 1 aliphatic heterocycles. The topological polar surface area (TPSA) is 55.8 Å². The highest BCUT2D eigenvalue weighted by Crippen LogP contribution is 2.25. The molecule has 0 bridgehead atoms. The van der Waals surface area contributed by atoms with Gasteiger partial charge in [0.1, 0.15) is 0 Å². The summed E-state index contributed by atoms with van der Waals surface area (Å²) in [6, 6.07) is 17.4. The molecule has 1 heterocycles. The van der Waals surface area contributed by atoms with Crippen molar-refractivity contribution in [1.29, 1.82) is 0 Å². The average molecular weight is 346 g/mol. The normalized spacial score (nSPS) is 24.8. The monoisotopic (exact) mass is 346 g/mol. The molecule has 128 valence electrons. The third-order valence-electron chi connectivity index (χ3n) is 4.12. The minimum absolute atomic E-state index is 0.196. The molecule has 24 heavy (non-hydrogen) atoms. The first kappa shape index (κ1) is 17.3. The van der Waals surface area contributed by atoms with Crippen LogP contribution in [0, 0.1) is 6.92 Å². The van der Waals surface area contributed by atoms with Crippen LogP contribution in [0.3, 0.4) is 0 Å². The summed E-state index contributed by atoms with van der Waals surface area (Å²) in [5.74, 6) is 0. The fourth-order valence-corrected chi connectivity index (χ4v) is 4.30. The van der Waals surface area contributed by atoms with Crippen LogP contribution < -0.4 is 0 Å². The maximum absolute atomic E-state index is 12.8. The number of rotatable bonds is 6. The Kier molecular flexibility index (Phi) is 5.79. The van der Waals surface area contributed by atoms with Crippen molar-refractivity contribution in [2.75, 3.05) is 13.2 Å². The van der Waals surface area contributed by atoms with Crippen molar-refractivity contribution in [3.8, 4) is 0 Å². The Morgan fingerprint density at radius 2 is 1.88 bits per heavy atom. The summed E-state index contributed by atoms with van der Waals surface area (Å²) in [5.41, 5.74) is 2.19. The van der Waals surface area contributed by atoms with Crippen molar-refractivity contribution in [3.05, 3.63) is 65.7 Å². The van der Waals surface area contributed by atoms with Gasteiger partial charge in [0, 0.05) is 4.90 Å². The molecule has 0 aromatic heterocycles. The molecule has 0 spiro atoms. The molecule has 0 aliphatic carbocycles. The van der Waals surface area contributed by atoms with Gasteiger partial charge in [0.15, 0.2) is 0 Å². The molecule has 2 aromatic rings. The van der Waals surface area contributed by atoms with Crippen molar-refractivity contribution in [1.82, 2.24) is 0 Å². The minimum Gasteiger partial charge on any atom is -0.389 e. The molecule has 1 unspecified atom stereocenters. The molecule has 0 radical (unpaired) electrons. The van der Waals surface area contributed by atoms with Gasteiger partial charge in [-0.2, -0.15) is 0 Å². The lowest BCUT2D eigenvalue weighted by atomic mass is 10.2. The van der Waals surface area contributed by atoms with Crippen molar-refractivity contribution in [3.63, 3.8) is 0 Å². The van der Waals surface area contributed by atoms with Gasteiger partial charge in [-0.25, -0.2) is 0 Å². The van der Waals surface area contributed by atoms with Gasteiger partial charge in [-0.3, -0.25) is 4.21 Å². The van der Waals surface area contributed by atoms with Gasteiger partial charge < -0.3 is 14.6 Å². The van der Waals surface area contributed by atoms with E-state index in [0.717, 1.165) is 11.1 Å². The predicted octanol–water partition coefficient (Wildman–Crippen LogP) is 2.45. The first-order valence-electron chi connectivity index (χ1n) is 8.04. The van der Waals surface area contributed by atoms with Crippen molar-refractivity contribution >= 4 is 10.8 Å². The second-order valence-corrected chi connectivity index (χ2v) is 7.63. The molecular formula is C19H22O4S. The predicted molar refractivity (Wildman–Crippen MR) is 93.2 cm³/mol. The lowest BCUT2D eigenvalue weighted by molar-refractivity contribution is 0.00942. The Morgan fingerprint density at radius 1 is 1.17 bits per heavy atom. The standard InChI is InChI=1S/C19H22O4S/c1-14-7-9-16(10-8-14)24(21)19-17(20)12-23-18(19)13-22-11-15-5-3-2-4-6-15/h2-10,17-20H,11-13H2,1H3/t17-,18+,19+,24?/m0/s1. The molecule has 5 heteroatoms. The van der Waals surface area contributed by atoms with Crippen molar-refractivity contribution < 1.29 is 18.8 Å². The third kappa shape index (κ3) is 4.11. The van der Waals surface area contributed by atoms with Gasteiger partial charge in [0.05, 0.1) is 48.1 Å². The van der Waals surface area contributed by atoms with E-state index in [4.69, 9.17) is 9.47 Å². The van der Waals surface area contributed by atoms with E-state index >= 15 is 0 Å². The molecule has 2 aromatic carbocycles. The van der Waals surface area contributed by atoms with Gasteiger partial charge in [-0.1, -0.05) is 48.0 Å². The number of aliphatic hydroxyl groups excluding tert-OH is 1. The summed E-state index contributed by atoms with van der Waals surface area (Å²) in [6.07, 6.45) is -1.11. The summed E-state index contributed by atoms with van der Waals surface area (Å²) in [7, 11) is -1.33. The molecule has 1 saturated heterocycles. The van der Waals surface area contributed by atoms with Crippen LogP contribution in [0.15, 0.2) is 59.5 Å². The average Bonchev–Trinajstić information content (AvgIpc) is 2.96. The summed E-state index contributed by atoms with van der Waals surface area (Å²) >= 11 is 0. The van der Waals surface area contributed by atoms with Crippen LogP contribution in [0.4, 0.5) is 0 Å². The fourth-order valence-electron chi connectivity index (χ4n) is 2.78. The van der Waals surface area contributed by atoms with Crippen LogP contribution in [0.2, 0.25) is 0 Å². The number of aryl methyl sites for hydroxylation is 1. The molecule has 4 nitrogen and oxygen atoms in total. The summed E-state index contributed by atoms with van der Waals surface area (Å²) < 4.78 is 24.2. The first-order chi connectivity index (χ1) is 11.6. The zero-order chi connectivity index (χ0) is 16.9. The van der Waals surface area contributed by atoms with Crippen LogP contribution >= 0.6 is 0 Å². The Hall–Kier alpha value is -1.53. The highest BCUT2D eigenvalue weighted by Gasteiger charge is 2.41. The van der Waals surface area contributed by atoms with E-state index < -0.39 is 22.2 Å². The van der Waals surface area contributed by atoms with Gasteiger partial charge in [0.2, 0.25) is 0 Å². The van der Waals surface area contributed by atoms with Crippen LogP contribution in [0.25, 0.3) is 0 Å². The molecule has 0 saturated carbocycles. The smallest absolute Gasteiger partial charge is 0.0982 e. The maximum atomic E-state index is 12.8. The third-order valence-corrected chi connectivity index (χ3v) is 5.97. The van der Waals surface area contributed by atoms with Gasteiger partial charge in [-0.05, 0) is 24.6 Å². The Labute approximate surface area is 144 Å². The van der Waals surface area contributed by atoms with Crippen LogP contribution in [-0.4, -0.2) is 40.0 Å². The van der Waals surface area contributed by atoms with Crippen molar-refractivity contribution in [2.24, 2.45) is 0 Å². The highest BCUT2D eigenvalue weighted by atomic mass is 32.2. The van der Waals surface area contributed by atoms with Gasteiger partial charge in [-0.15, -0.1) is 0 Å². The van der Waals surface area contributed by atoms with Crippen LogP contribution in [-0.2, 0) is 26.9 Å². The van der Waals surface area contributed by atoms with E-state index in [9.17, 15) is 9.32 Å². The van der Waals surface area contributed by atoms with Crippen molar-refractivity contribution in [2.45, 2.75) is 35.9 Å². The zero-order valence-electron chi connectivity index (χ0n) is 13.6. The van der Waals surface area contributed by atoms with Crippen LogP contribution in [0.1, 0.15) is 11.1 Å². The molecule has 1 fully saturated rings.